The minimum Gasteiger partial charge on any atom is -0.496 e. The molecule has 1 atom stereocenters. The first-order valence-electron chi connectivity index (χ1n) is 12.7. The van der Waals surface area contributed by atoms with Crippen LogP contribution in [0.5, 0.6) is 5.75 Å². The van der Waals surface area contributed by atoms with Gasteiger partial charge in [0.25, 0.3) is 11.5 Å². The SMILES string of the molecule is COc1ccccc1CNC(=O)C[C@H]1N=C2c3ccccc3N=C(SCc3cc(=O)n4cc(Cl)ccc4n3)N2C1=O. The number of aliphatic imine (C=N–C) groups is 2. The Bertz CT molecular complexity index is 1820. The summed E-state index contributed by atoms with van der Waals surface area (Å²) in [5.41, 5.74) is 2.94. The summed E-state index contributed by atoms with van der Waals surface area (Å²) >= 11 is 7.29. The van der Waals surface area contributed by atoms with Crippen LogP contribution in [0.25, 0.3) is 5.65 Å². The van der Waals surface area contributed by atoms with Crippen molar-refractivity contribution in [3.8, 4) is 5.75 Å². The lowest BCUT2D eigenvalue weighted by Crippen LogP contribution is -2.42. The van der Waals surface area contributed by atoms with Gasteiger partial charge in [0.05, 0.1) is 29.9 Å². The Morgan fingerprint density at radius 3 is 2.76 bits per heavy atom. The predicted octanol–water partition coefficient (Wildman–Crippen LogP) is 3.95. The molecule has 0 saturated carbocycles. The van der Waals surface area contributed by atoms with E-state index in [0.29, 0.717) is 44.4 Å². The minimum atomic E-state index is -0.896. The van der Waals surface area contributed by atoms with Crippen LogP contribution in [-0.2, 0) is 21.9 Å². The third-order valence-electron chi connectivity index (χ3n) is 6.62. The van der Waals surface area contributed by atoms with E-state index >= 15 is 0 Å². The summed E-state index contributed by atoms with van der Waals surface area (Å²) < 4.78 is 6.73. The van der Waals surface area contributed by atoms with E-state index in [1.54, 1.807) is 19.2 Å². The highest BCUT2D eigenvalue weighted by Gasteiger charge is 2.42. The molecule has 0 saturated heterocycles. The zero-order valence-electron chi connectivity index (χ0n) is 21.8. The highest BCUT2D eigenvalue weighted by molar-refractivity contribution is 8.13. The van der Waals surface area contributed by atoms with Crippen molar-refractivity contribution in [3.05, 3.63) is 105 Å². The van der Waals surface area contributed by atoms with Crippen molar-refractivity contribution in [2.24, 2.45) is 9.98 Å². The molecule has 12 heteroatoms. The zero-order valence-corrected chi connectivity index (χ0v) is 23.4. The summed E-state index contributed by atoms with van der Waals surface area (Å²) in [6.45, 7) is 0.264. The van der Waals surface area contributed by atoms with Gasteiger partial charge < -0.3 is 10.1 Å². The quantitative estimate of drug-likeness (QED) is 0.350. The number of aromatic nitrogens is 2. The average Bonchev–Trinajstić information content (AvgIpc) is 3.31. The molecule has 4 aromatic rings. The molecule has 6 rings (SSSR count). The fourth-order valence-corrected chi connectivity index (χ4v) is 5.71. The number of carbonyl (C=O) groups excluding carboxylic acids is 2. The van der Waals surface area contributed by atoms with Crippen molar-refractivity contribution < 1.29 is 14.3 Å². The van der Waals surface area contributed by atoms with Crippen LogP contribution in [0.15, 0.2) is 87.7 Å². The molecular weight excluding hydrogens is 564 g/mol. The average molecular weight is 587 g/mol. The molecule has 2 aliphatic rings. The summed E-state index contributed by atoms with van der Waals surface area (Å²) in [6.07, 6.45) is 1.41. The summed E-state index contributed by atoms with van der Waals surface area (Å²) in [7, 11) is 1.57. The number of pyridine rings is 1. The first-order valence-corrected chi connectivity index (χ1v) is 14.1. The van der Waals surface area contributed by atoms with Gasteiger partial charge in [0, 0.05) is 35.7 Å². The van der Waals surface area contributed by atoms with Crippen LogP contribution in [0.1, 0.15) is 23.2 Å². The van der Waals surface area contributed by atoms with Gasteiger partial charge in [-0.15, -0.1) is 0 Å². The lowest BCUT2D eigenvalue weighted by molar-refractivity contribution is -0.128. The lowest BCUT2D eigenvalue weighted by atomic mass is 10.1. The number of methoxy groups -OCH3 is 1. The van der Waals surface area contributed by atoms with Crippen molar-refractivity contribution in [1.82, 2.24) is 19.6 Å². The Morgan fingerprint density at radius 2 is 1.90 bits per heavy atom. The first-order chi connectivity index (χ1) is 19.9. The summed E-state index contributed by atoms with van der Waals surface area (Å²) in [5.74, 6) is 0.764. The summed E-state index contributed by atoms with van der Waals surface area (Å²) in [6, 6.07) is 18.7. The number of benzene rings is 2. The van der Waals surface area contributed by atoms with Gasteiger partial charge in [-0.2, -0.15) is 0 Å². The van der Waals surface area contributed by atoms with E-state index in [9.17, 15) is 14.4 Å². The predicted molar refractivity (Wildman–Crippen MR) is 158 cm³/mol. The minimum absolute atomic E-state index is 0.111. The topological polar surface area (TPSA) is 118 Å². The van der Waals surface area contributed by atoms with Gasteiger partial charge in [-0.3, -0.25) is 23.8 Å². The normalized spacial score (nSPS) is 15.7. The highest BCUT2D eigenvalue weighted by atomic mass is 35.5. The third-order valence-corrected chi connectivity index (χ3v) is 7.82. The van der Waals surface area contributed by atoms with E-state index in [1.807, 2.05) is 48.5 Å². The van der Waals surface area contributed by atoms with Gasteiger partial charge in [0.2, 0.25) is 5.91 Å². The molecule has 2 aliphatic heterocycles. The zero-order chi connectivity index (χ0) is 28.5. The molecule has 1 N–H and O–H groups in total. The summed E-state index contributed by atoms with van der Waals surface area (Å²) in [4.78, 5) is 54.4. The maximum atomic E-state index is 13.6. The first kappa shape index (κ1) is 26.7. The van der Waals surface area contributed by atoms with E-state index in [-0.39, 0.29) is 36.1 Å². The molecule has 4 heterocycles. The molecule has 0 spiro atoms. The fourth-order valence-electron chi connectivity index (χ4n) is 4.66. The molecule has 2 aromatic heterocycles. The second-order valence-electron chi connectivity index (χ2n) is 9.30. The number of hydrogen-bond acceptors (Lipinski definition) is 8. The Morgan fingerprint density at radius 1 is 1.10 bits per heavy atom. The largest absolute Gasteiger partial charge is 0.496 e. The third kappa shape index (κ3) is 5.33. The summed E-state index contributed by atoms with van der Waals surface area (Å²) in [5, 5.41) is 3.70. The van der Waals surface area contributed by atoms with Crippen LogP contribution in [-0.4, -0.2) is 50.3 Å². The molecule has 41 heavy (non-hydrogen) atoms. The van der Waals surface area contributed by atoms with Gasteiger partial charge >= 0.3 is 0 Å². The number of halogens is 1. The number of ether oxygens (including phenoxy) is 1. The van der Waals surface area contributed by atoms with Crippen LogP contribution in [0.3, 0.4) is 0 Å². The number of carbonyl (C=O) groups is 2. The monoisotopic (exact) mass is 586 g/mol. The second-order valence-corrected chi connectivity index (χ2v) is 10.7. The molecule has 206 valence electrons. The van der Waals surface area contributed by atoms with Crippen LogP contribution in [0, 0.1) is 0 Å². The van der Waals surface area contributed by atoms with E-state index in [1.165, 1.54) is 33.3 Å². The molecule has 2 amide bonds. The van der Waals surface area contributed by atoms with Crippen LogP contribution < -0.4 is 15.6 Å². The fraction of sp³-hybridized carbons (Fsp3) is 0.172. The molecule has 0 fully saturated rings. The van der Waals surface area contributed by atoms with Crippen LogP contribution in [0.4, 0.5) is 5.69 Å². The van der Waals surface area contributed by atoms with Gasteiger partial charge in [-0.25, -0.2) is 14.9 Å². The standard InChI is InChI=1S/C29H23ClN6O4S/c1-40-23-9-5-2-6-17(23)14-31-25(37)13-22-28(39)36-27(33-22)20-7-3-4-8-21(20)34-29(36)41-16-19-12-26(38)35-15-18(30)10-11-24(35)32-19/h2-12,15,22H,13-14,16H2,1H3,(H,31,37)/t22-/m1/s1. The van der Waals surface area contributed by atoms with Crippen molar-refractivity contribution in [1.29, 1.82) is 0 Å². The van der Waals surface area contributed by atoms with Crippen LogP contribution in [0.2, 0.25) is 5.02 Å². The Labute approximate surface area is 243 Å². The lowest BCUT2D eigenvalue weighted by Gasteiger charge is -2.25. The molecule has 0 unspecified atom stereocenters. The Balaban J connectivity index is 1.21. The molecule has 0 bridgehead atoms. The van der Waals surface area contributed by atoms with Crippen molar-refractivity contribution in [3.63, 3.8) is 0 Å². The van der Waals surface area contributed by atoms with Gasteiger partial charge in [0.15, 0.2) is 5.17 Å². The molecule has 0 aliphatic carbocycles. The number of amides is 2. The van der Waals surface area contributed by atoms with Crippen molar-refractivity contribution in [2.45, 2.75) is 24.8 Å². The number of para-hydroxylation sites is 2. The maximum Gasteiger partial charge on any atom is 0.259 e. The number of nitrogens with one attached hydrogen (secondary N) is 1. The van der Waals surface area contributed by atoms with Crippen molar-refractivity contribution in [2.75, 3.05) is 7.11 Å². The van der Waals surface area contributed by atoms with E-state index in [0.717, 1.165) is 5.56 Å². The van der Waals surface area contributed by atoms with Gasteiger partial charge in [-0.1, -0.05) is 53.7 Å². The Kier molecular flexibility index (Phi) is 7.29. The second kappa shape index (κ2) is 11.2. The van der Waals surface area contributed by atoms with Crippen molar-refractivity contribution >= 4 is 57.5 Å². The van der Waals surface area contributed by atoms with E-state index in [2.05, 4.69) is 15.3 Å². The number of rotatable bonds is 7. The number of amidine groups is 2. The Hall–Kier alpha value is -4.48. The number of thioether (sulfide) groups is 1. The molecule has 0 radical (unpaired) electrons. The number of hydrogen-bond donors (Lipinski definition) is 1. The van der Waals surface area contributed by atoms with Crippen LogP contribution >= 0.6 is 23.4 Å². The highest BCUT2D eigenvalue weighted by Crippen LogP contribution is 2.34. The molecule has 10 nitrogen and oxygen atoms in total. The smallest absolute Gasteiger partial charge is 0.259 e. The van der Waals surface area contributed by atoms with E-state index in [4.69, 9.17) is 21.3 Å². The maximum absolute atomic E-state index is 13.6. The van der Waals surface area contributed by atoms with E-state index < -0.39 is 6.04 Å². The molecular formula is C29H23ClN6O4S. The number of fused-ring (bicyclic) bond motifs is 4. The van der Waals surface area contributed by atoms with Gasteiger partial charge in [-0.05, 0) is 30.3 Å². The molecule has 2 aromatic carbocycles. The number of nitrogens with zero attached hydrogens (tertiary/aromatic N) is 5. The van der Waals surface area contributed by atoms with Gasteiger partial charge in [0.1, 0.15) is 23.3 Å².